The quantitative estimate of drug-likeness (QED) is 0.851. The Morgan fingerprint density at radius 1 is 1.44 bits per heavy atom. The maximum absolute atomic E-state index is 11.9. The lowest BCUT2D eigenvalue weighted by atomic mass is 10.3. The van der Waals surface area contributed by atoms with E-state index in [-0.39, 0.29) is 12.2 Å². The van der Waals surface area contributed by atoms with E-state index in [1.807, 2.05) is 31.0 Å². The standard InChI is InChI=1S/C13H17N3O2/c1-10-3-4-16-12(7-10)14-11(8-13(16)18)9-15(2)5-6-17/h3-4,7-8,17H,5-6,9H2,1-2H3. The molecule has 2 aromatic rings. The number of hydrogen-bond acceptors (Lipinski definition) is 4. The molecule has 2 aromatic heterocycles. The molecule has 0 amide bonds. The Kier molecular flexibility index (Phi) is 3.74. The predicted molar refractivity (Wildman–Crippen MR) is 69.6 cm³/mol. The Morgan fingerprint density at radius 3 is 2.94 bits per heavy atom. The first-order valence-corrected chi connectivity index (χ1v) is 5.88. The zero-order valence-electron chi connectivity index (χ0n) is 10.6. The van der Waals surface area contributed by atoms with Gasteiger partial charge in [0.25, 0.3) is 5.56 Å². The fraction of sp³-hybridized carbons (Fsp3) is 0.385. The number of nitrogens with zero attached hydrogens (tertiary/aromatic N) is 3. The van der Waals surface area contributed by atoms with Gasteiger partial charge >= 0.3 is 0 Å². The highest BCUT2D eigenvalue weighted by Crippen LogP contribution is 2.04. The molecule has 0 saturated carbocycles. The van der Waals surface area contributed by atoms with Crippen molar-refractivity contribution in [3.63, 3.8) is 0 Å². The third-order valence-corrected chi connectivity index (χ3v) is 2.79. The molecule has 0 saturated heterocycles. The number of rotatable bonds is 4. The molecule has 0 aliphatic rings. The van der Waals surface area contributed by atoms with Gasteiger partial charge in [-0.05, 0) is 31.7 Å². The SMILES string of the molecule is Cc1ccn2c(=O)cc(CN(C)CCO)nc2c1. The van der Waals surface area contributed by atoms with Gasteiger partial charge in [0.1, 0.15) is 5.65 Å². The number of aromatic nitrogens is 2. The largest absolute Gasteiger partial charge is 0.395 e. The smallest absolute Gasteiger partial charge is 0.258 e. The molecule has 0 aromatic carbocycles. The highest BCUT2D eigenvalue weighted by Gasteiger charge is 2.05. The molecule has 18 heavy (non-hydrogen) atoms. The maximum atomic E-state index is 11.9. The van der Waals surface area contributed by atoms with Crippen LogP contribution in [0.15, 0.2) is 29.2 Å². The van der Waals surface area contributed by atoms with Gasteiger partial charge < -0.3 is 5.11 Å². The third kappa shape index (κ3) is 2.75. The number of hydrogen-bond donors (Lipinski definition) is 1. The Bertz CT molecular complexity index is 607. The number of likely N-dealkylation sites (N-methyl/N-ethyl adjacent to an activating group) is 1. The molecule has 0 atom stereocenters. The number of pyridine rings is 1. The molecule has 0 aliphatic carbocycles. The van der Waals surface area contributed by atoms with Gasteiger partial charge in [0, 0.05) is 25.4 Å². The minimum atomic E-state index is -0.0765. The first-order chi connectivity index (χ1) is 8.60. The summed E-state index contributed by atoms with van der Waals surface area (Å²) in [7, 11) is 1.88. The lowest BCUT2D eigenvalue weighted by Gasteiger charge is -2.14. The molecule has 5 nitrogen and oxygen atoms in total. The summed E-state index contributed by atoms with van der Waals surface area (Å²) in [5.74, 6) is 0. The van der Waals surface area contributed by atoms with Crippen LogP contribution in [-0.2, 0) is 6.54 Å². The fourth-order valence-corrected chi connectivity index (χ4v) is 1.86. The van der Waals surface area contributed by atoms with Crippen molar-refractivity contribution in [3.8, 4) is 0 Å². The summed E-state index contributed by atoms with van der Waals surface area (Å²) in [6.45, 7) is 3.19. The van der Waals surface area contributed by atoms with Gasteiger partial charge in [0.05, 0.1) is 12.3 Å². The van der Waals surface area contributed by atoms with E-state index in [1.54, 1.807) is 6.20 Å². The van der Waals surface area contributed by atoms with Crippen molar-refractivity contribution >= 4 is 5.65 Å². The molecule has 96 valence electrons. The second-order valence-electron chi connectivity index (χ2n) is 4.48. The van der Waals surface area contributed by atoms with Gasteiger partial charge in [0.2, 0.25) is 0 Å². The number of fused-ring (bicyclic) bond motifs is 1. The molecular formula is C13H17N3O2. The monoisotopic (exact) mass is 247 g/mol. The van der Waals surface area contributed by atoms with Crippen molar-refractivity contribution in [2.75, 3.05) is 20.2 Å². The van der Waals surface area contributed by atoms with E-state index in [4.69, 9.17) is 5.11 Å². The van der Waals surface area contributed by atoms with Gasteiger partial charge in [-0.15, -0.1) is 0 Å². The molecule has 0 radical (unpaired) electrons. The molecule has 5 heteroatoms. The van der Waals surface area contributed by atoms with E-state index in [0.717, 1.165) is 11.3 Å². The highest BCUT2D eigenvalue weighted by molar-refractivity contribution is 5.41. The summed E-state index contributed by atoms with van der Waals surface area (Å²) in [6.07, 6.45) is 1.74. The van der Waals surface area contributed by atoms with Gasteiger partial charge in [0.15, 0.2) is 0 Å². The lowest BCUT2D eigenvalue weighted by molar-refractivity contribution is 0.216. The summed E-state index contributed by atoms with van der Waals surface area (Å²) >= 11 is 0. The topological polar surface area (TPSA) is 57.8 Å². The van der Waals surface area contributed by atoms with E-state index < -0.39 is 0 Å². The van der Waals surface area contributed by atoms with Crippen LogP contribution in [0.4, 0.5) is 0 Å². The van der Waals surface area contributed by atoms with Crippen LogP contribution >= 0.6 is 0 Å². The van der Waals surface area contributed by atoms with Crippen LogP contribution in [-0.4, -0.2) is 39.6 Å². The molecule has 0 bridgehead atoms. The van der Waals surface area contributed by atoms with Gasteiger partial charge in [-0.2, -0.15) is 0 Å². The van der Waals surface area contributed by atoms with Gasteiger partial charge in [-0.25, -0.2) is 4.98 Å². The average molecular weight is 247 g/mol. The van der Waals surface area contributed by atoms with Crippen LogP contribution in [0.2, 0.25) is 0 Å². The van der Waals surface area contributed by atoms with Gasteiger partial charge in [-0.1, -0.05) is 0 Å². The number of aliphatic hydroxyl groups is 1. The summed E-state index contributed by atoms with van der Waals surface area (Å²) in [5.41, 5.74) is 2.38. The van der Waals surface area contributed by atoms with Crippen LogP contribution in [0.1, 0.15) is 11.3 Å². The minimum Gasteiger partial charge on any atom is -0.395 e. The van der Waals surface area contributed by atoms with Gasteiger partial charge in [-0.3, -0.25) is 14.1 Å². The number of aliphatic hydroxyl groups excluding tert-OH is 1. The van der Waals surface area contributed by atoms with E-state index in [2.05, 4.69) is 4.98 Å². The second-order valence-corrected chi connectivity index (χ2v) is 4.48. The van der Waals surface area contributed by atoms with Crippen LogP contribution < -0.4 is 5.56 Å². The molecule has 1 N–H and O–H groups in total. The Balaban J connectivity index is 2.38. The maximum Gasteiger partial charge on any atom is 0.258 e. The van der Waals surface area contributed by atoms with E-state index in [0.29, 0.717) is 18.7 Å². The zero-order chi connectivity index (χ0) is 13.1. The summed E-state index contributed by atoms with van der Waals surface area (Å²) in [4.78, 5) is 18.3. The van der Waals surface area contributed by atoms with Crippen molar-refractivity contribution < 1.29 is 5.11 Å². The Labute approximate surface area is 105 Å². The normalized spacial score (nSPS) is 11.3. The van der Waals surface area contributed by atoms with Crippen molar-refractivity contribution in [1.82, 2.24) is 14.3 Å². The molecule has 0 spiro atoms. The zero-order valence-corrected chi connectivity index (χ0v) is 10.6. The van der Waals surface area contributed by atoms with E-state index in [1.165, 1.54) is 10.5 Å². The third-order valence-electron chi connectivity index (χ3n) is 2.79. The average Bonchev–Trinajstić information content (AvgIpc) is 2.28. The van der Waals surface area contributed by atoms with Crippen LogP contribution in [0.5, 0.6) is 0 Å². The van der Waals surface area contributed by atoms with Crippen molar-refractivity contribution in [3.05, 3.63) is 46.0 Å². The van der Waals surface area contributed by atoms with Crippen molar-refractivity contribution in [2.24, 2.45) is 0 Å². The second kappa shape index (κ2) is 5.29. The Morgan fingerprint density at radius 2 is 2.22 bits per heavy atom. The predicted octanol–water partition coefficient (Wildman–Crippen LogP) is 0.427. The minimum absolute atomic E-state index is 0.0765. The summed E-state index contributed by atoms with van der Waals surface area (Å²) < 4.78 is 1.53. The first kappa shape index (κ1) is 12.7. The molecule has 2 heterocycles. The van der Waals surface area contributed by atoms with Crippen LogP contribution in [0, 0.1) is 6.92 Å². The fourth-order valence-electron chi connectivity index (χ4n) is 1.86. The van der Waals surface area contributed by atoms with Crippen molar-refractivity contribution in [1.29, 1.82) is 0 Å². The Hall–Kier alpha value is -1.72. The lowest BCUT2D eigenvalue weighted by Crippen LogP contribution is -2.24. The van der Waals surface area contributed by atoms with E-state index in [9.17, 15) is 4.79 Å². The highest BCUT2D eigenvalue weighted by atomic mass is 16.3. The number of aryl methyl sites for hydroxylation is 1. The van der Waals surface area contributed by atoms with Crippen molar-refractivity contribution in [2.45, 2.75) is 13.5 Å². The van der Waals surface area contributed by atoms with E-state index >= 15 is 0 Å². The molecular weight excluding hydrogens is 230 g/mol. The van der Waals surface area contributed by atoms with Crippen LogP contribution in [0.3, 0.4) is 0 Å². The molecule has 0 fully saturated rings. The first-order valence-electron chi connectivity index (χ1n) is 5.88. The summed E-state index contributed by atoms with van der Waals surface area (Å²) in [6, 6.07) is 5.31. The van der Waals surface area contributed by atoms with Crippen LogP contribution in [0.25, 0.3) is 5.65 Å². The molecule has 2 rings (SSSR count). The molecule has 0 aliphatic heterocycles. The molecule has 0 unspecified atom stereocenters. The summed E-state index contributed by atoms with van der Waals surface area (Å²) in [5, 5.41) is 8.85.